The minimum atomic E-state index is -0.144. The summed E-state index contributed by atoms with van der Waals surface area (Å²) < 4.78 is 0. The average molecular weight is 284 g/mol. The molecule has 0 unspecified atom stereocenters. The molecule has 0 spiro atoms. The molecule has 2 fully saturated rings. The topological polar surface area (TPSA) is 69.6 Å². The summed E-state index contributed by atoms with van der Waals surface area (Å²) in [6, 6.07) is 6.56. The van der Waals surface area contributed by atoms with Gasteiger partial charge in [-0.1, -0.05) is 12.2 Å². The number of imide groups is 1. The highest BCUT2D eigenvalue weighted by Gasteiger charge is 2.59. The number of benzene rings is 1. The zero-order valence-electron chi connectivity index (χ0n) is 11.4. The molecule has 2 amide bonds. The number of amides is 2. The van der Waals surface area contributed by atoms with Crippen molar-refractivity contribution in [2.24, 2.45) is 23.7 Å². The van der Waals surface area contributed by atoms with Crippen molar-refractivity contribution in [3.05, 3.63) is 36.4 Å². The molecule has 1 aliphatic heterocycles. The highest BCUT2D eigenvalue weighted by Crippen LogP contribution is 2.52. The molecule has 2 N–H and O–H groups in total. The van der Waals surface area contributed by atoms with Gasteiger partial charge in [0.25, 0.3) is 0 Å². The summed E-state index contributed by atoms with van der Waals surface area (Å²) in [5, 5.41) is 12.3. The van der Waals surface area contributed by atoms with Crippen LogP contribution < -0.4 is 5.32 Å². The van der Waals surface area contributed by atoms with E-state index in [9.17, 15) is 14.7 Å². The van der Waals surface area contributed by atoms with Gasteiger partial charge in [0, 0.05) is 5.69 Å². The SMILES string of the molecule is O=C1[C@@H]2[C@H](C(=O)N1CNc1ccc(O)cc1)[C@H]1C=C[C@H]2C1. The van der Waals surface area contributed by atoms with Crippen molar-refractivity contribution < 1.29 is 14.7 Å². The lowest BCUT2D eigenvalue weighted by atomic mass is 9.85. The number of hydrogen-bond donors (Lipinski definition) is 2. The minimum absolute atomic E-state index is 0.0480. The Kier molecular flexibility index (Phi) is 2.58. The van der Waals surface area contributed by atoms with Crippen LogP contribution in [0.1, 0.15) is 6.42 Å². The molecule has 1 saturated carbocycles. The molecule has 4 atom stereocenters. The largest absolute Gasteiger partial charge is 0.508 e. The van der Waals surface area contributed by atoms with Crippen LogP contribution in [0.25, 0.3) is 0 Å². The summed E-state index contributed by atoms with van der Waals surface area (Å²) >= 11 is 0. The minimum Gasteiger partial charge on any atom is -0.508 e. The van der Waals surface area contributed by atoms with Crippen molar-refractivity contribution in [1.29, 1.82) is 0 Å². The van der Waals surface area contributed by atoms with Crippen LogP contribution in [0.5, 0.6) is 5.75 Å². The first-order chi connectivity index (χ1) is 10.1. The lowest BCUT2D eigenvalue weighted by Crippen LogP contribution is -2.37. The zero-order chi connectivity index (χ0) is 14.6. The Morgan fingerprint density at radius 1 is 1.05 bits per heavy atom. The van der Waals surface area contributed by atoms with Gasteiger partial charge in [-0.3, -0.25) is 14.5 Å². The number of nitrogens with one attached hydrogen (secondary N) is 1. The van der Waals surface area contributed by atoms with Crippen molar-refractivity contribution in [1.82, 2.24) is 4.90 Å². The second-order valence-electron chi connectivity index (χ2n) is 5.99. The lowest BCUT2D eigenvalue weighted by Gasteiger charge is -2.18. The molecule has 21 heavy (non-hydrogen) atoms. The summed E-state index contributed by atoms with van der Waals surface area (Å²) in [6.07, 6.45) is 5.13. The Bertz CT molecular complexity index is 607. The Morgan fingerprint density at radius 3 is 2.19 bits per heavy atom. The van der Waals surface area contributed by atoms with Gasteiger partial charge >= 0.3 is 0 Å². The second-order valence-corrected chi connectivity index (χ2v) is 5.99. The molecule has 2 bridgehead atoms. The molecule has 1 aromatic rings. The Morgan fingerprint density at radius 2 is 1.62 bits per heavy atom. The number of carbonyl (C=O) groups excluding carboxylic acids is 2. The monoisotopic (exact) mass is 284 g/mol. The van der Waals surface area contributed by atoms with Gasteiger partial charge in [0.1, 0.15) is 5.75 Å². The van der Waals surface area contributed by atoms with E-state index in [1.54, 1.807) is 24.3 Å². The smallest absolute Gasteiger partial charge is 0.235 e. The quantitative estimate of drug-likeness (QED) is 0.502. The zero-order valence-corrected chi connectivity index (χ0v) is 11.4. The van der Waals surface area contributed by atoms with Crippen LogP contribution in [0, 0.1) is 23.7 Å². The van der Waals surface area contributed by atoms with E-state index < -0.39 is 0 Å². The molecular weight excluding hydrogens is 268 g/mol. The standard InChI is InChI=1S/C16H16N2O3/c19-12-5-3-11(4-6-12)17-8-18-15(20)13-9-1-2-10(7-9)14(13)16(18)21/h1-6,9-10,13-14,17,19H,7-8H2/t9-,10-,13-,14+/m0/s1. The Labute approximate surface area is 122 Å². The van der Waals surface area contributed by atoms with Gasteiger partial charge in [0.15, 0.2) is 0 Å². The van der Waals surface area contributed by atoms with Gasteiger partial charge in [-0.25, -0.2) is 0 Å². The number of nitrogens with zero attached hydrogens (tertiary/aromatic N) is 1. The van der Waals surface area contributed by atoms with E-state index in [4.69, 9.17) is 0 Å². The highest BCUT2D eigenvalue weighted by molar-refractivity contribution is 6.06. The van der Waals surface area contributed by atoms with Crippen molar-refractivity contribution in [3.63, 3.8) is 0 Å². The van der Waals surface area contributed by atoms with Crippen LogP contribution in [0.15, 0.2) is 36.4 Å². The van der Waals surface area contributed by atoms with E-state index in [1.165, 1.54) is 4.90 Å². The van der Waals surface area contributed by atoms with E-state index >= 15 is 0 Å². The van der Waals surface area contributed by atoms with Crippen LogP contribution in [0.4, 0.5) is 5.69 Å². The predicted molar refractivity (Wildman–Crippen MR) is 76.2 cm³/mol. The summed E-state index contributed by atoms with van der Waals surface area (Å²) in [5.41, 5.74) is 0.770. The molecule has 1 saturated heterocycles. The third kappa shape index (κ3) is 1.77. The number of phenolic OH excluding ortho intramolecular Hbond substituents is 1. The lowest BCUT2D eigenvalue weighted by molar-refractivity contribution is -0.140. The van der Waals surface area contributed by atoms with Gasteiger partial charge in [-0.2, -0.15) is 0 Å². The van der Waals surface area contributed by atoms with Crippen molar-refractivity contribution in [2.45, 2.75) is 6.42 Å². The van der Waals surface area contributed by atoms with Gasteiger partial charge in [0.2, 0.25) is 11.8 Å². The first kappa shape index (κ1) is 12.4. The maximum atomic E-state index is 12.5. The molecular formula is C16H16N2O3. The van der Waals surface area contributed by atoms with Crippen LogP contribution in [0.3, 0.4) is 0 Å². The summed E-state index contributed by atoms with van der Waals surface area (Å²) in [7, 11) is 0. The third-order valence-corrected chi connectivity index (χ3v) is 4.87. The van der Waals surface area contributed by atoms with E-state index in [1.807, 2.05) is 0 Å². The number of rotatable bonds is 3. The van der Waals surface area contributed by atoms with Gasteiger partial charge in [-0.15, -0.1) is 0 Å². The van der Waals surface area contributed by atoms with Crippen LogP contribution in [0.2, 0.25) is 0 Å². The maximum absolute atomic E-state index is 12.5. The Balaban J connectivity index is 1.48. The number of hydrogen-bond acceptors (Lipinski definition) is 4. The van der Waals surface area contributed by atoms with Crippen LogP contribution >= 0.6 is 0 Å². The molecule has 5 heteroatoms. The normalized spacial score (nSPS) is 32.9. The van der Waals surface area contributed by atoms with Gasteiger partial charge in [-0.05, 0) is 42.5 Å². The van der Waals surface area contributed by atoms with Crippen LogP contribution in [-0.4, -0.2) is 28.5 Å². The van der Waals surface area contributed by atoms with E-state index in [0.29, 0.717) is 0 Å². The molecule has 2 aliphatic carbocycles. The average Bonchev–Trinajstić information content (AvgIpc) is 3.14. The second kappa shape index (κ2) is 4.35. The van der Waals surface area contributed by atoms with Gasteiger partial charge < -0.3 is 10.4 Å². The van der Waals surface area contributed by atoms with E-state index in [0.717, 1.165) is 12.1 Å². The molecule has 4 rings (SSSR count). The molecule has 0 aromatic heterocycles. The van der Waals surface area contributed by atoms with Crippen LogP contribution in [-0.2, 0) is 9.59 Å². The fourth-order valence-electron chi connectivity index (χ4n) is 3.87. The van der Waals surface area contributed by atoms with E-state index in [-0.39, 0.29) is 47.9 Å². The molecule has 5 nitrogen and oxygen atoms in total. The molecule has 1 aromatic carbocycles. The molecule has 108 valence electrons. The number of fused-ring (bicyclic) bond motifs is 5. The fourth-order valence-corrected chi connectivity index (χ4v) is 3.87. The maximum Gasteiger partial charge on any atom is 0.235 e. The number of phenols is 1. The summed E-state index contributed by atoms with van der Waals surface area (Å²) in [5.74, 6) is 0.292. The van der Waals surface area contributed by atoms with Gasteiger partial charge in [0.05, 0.1) is 18.5 Å². The fraction of sp³-hybridized carbons (Fsp3) is 0.375. The number of likely N-dealkylation sites (tertiary alicyclic amines) is 1. The number of allylic oxidation sites excluding steroid dienone is 2. The third-order valence-electron chi connectivity index (χ3n) is 4.87. The first-order valence-electron chi connectivity index (χ1n) is 7.21. The van der Waals surface area contributed by atoms with Crippen molar-refractivity contribution in [2.75, 3.05) is 12.0 Å². The Hall–Kier alpha value is -2.30. The predicted octanol–water partition coefficient (Wildman–Crippen LogP) is 1.57. The number of anilines is 1. The first-order valence-corrected chi connectivity index (χ1v) is 7.21. The highest BCUT2D eigenvalue weighted by atomic mass is 16.3. The molecule has 3 aliphatic rings. The van der Waals surface area contributed by atoms with Crippen molar-refractivity contribution in [3.8, 4) is 5.75 Å². The number of carbonyl (C=O) groups is 2. The van der Waals surface area contributed by atoms with Crippen molar-refractivity contribution >= 4 is 17.5 Å². The molecule has 0 radical (unpaired) electrons. The summed E-state index contributed by atoms with van der Waals surface area (Å²) in [6.45, 7) is 0.189. The number of aromatic hydroxyl groups is 1. The summed E-state index contributed by atoms with van der Waals surface area (Å²) in [4.78, 5) is 26.2. The van der Waals surface area contributed by atoms with E-state index in [2.05, 4.69) is 17.5 Å². The molecule has 1 heterocycles.